The molecule has 0 aromatic heterocycles. The molecule has 104 valence electrons. The number of carboxylic acids is 1. The van der Waals surface area contributed by atoms with Crippen molar-refractivity contribution >= 4 is 17.9 Å². The third-order valence-corrected chi connectivity index (χ3v) is 2.00. The van der Waals surface area contributed by atoms with Crippen LogP contribution >= 0.6 is 0 Å². The van der Waals surface area contributed by atoms with Gasteiger partial charge < -0.3 is 26.2 Å². The second-order valence-electron chi connectivity index (χ2n) is 3.57. The lowest BCUT2D eigenvalue weighted by molar-refractivity contribution is -0.140. The van der Waals surface area contributed by atoms with Crippen molar-refractivity contribution in [2.75, 3.05) is 19.7 Å². The average molecular weight is 261 g/mol. The molecule has 0 aromatic carbocycles. The minimum absolute atomic E-state index is 0.0964. The summed E-state index contributed by atoms with van der Waals surface area (Å²) < 4.78 is 0. The molecular formula is C10H19N3O5. The Bertz CT molecular complexity index is 295. The predicted octanol–water partition coefficient (Wildman–Crippen LogP) is -1.35. The number of urea groups is 1. The molecule has 8 heteroatoms. The summed E-state index contributed by atoms with van der Waals surface area (Å²) in [5.41, 5.74) is 0. The molecule has 1 atom stereocenters. The number of aliphatic hydroxyl groups excluding tert-OH is 1. The molecule has 18 heavy (non-hydrogen) atoms. The molecule has 0 bridgehead atoms. The second-order valence-corrected chi connectivity index (χ2v) is 3.57. The van der Waals surface area contributed by atoms with Crippen LogP contribution in [0.25, 0.3) is 0 Å². The lowest BCUT2D eigenvalue weighted by Crippen LogP contribution is -2.48. The molecule has 0 saturated heterocycles. The fourth-order valence-electron chi connectivity index (χ4n) is 1.04. The Morgan fingerprint density at radius 3 is 2.33 bits per heavy atom. The summed E-state index contributed by atoms with van der Waals surface area (Å²) in [6.07, 6.45) is 0.945. The Hall–Kier alpha value is -1.83. The Morgan fingerprint density at radius 2 is 1.83 bits per heavy atom. The van der Waals surface area contributed by atoms with Gasteiger partial charge in [0.05, 0.1) is 6.61 Å². The third-order valence-electron chi connectivity index (χ3n) is 2.00. The SMILES string of the molecule is CCCNC(=O)CCNC(=O)N[C@H](CO)C(=O)O. The minimum Gasteiger partial charge on any atom is -0.480 e. The highest BCUT2D eigenvalue weighted by Crippen LogP contribution is 1.83. The van der Waals surface area contributed by atoms with E-state index in [0.29, 0.717) is 6.54 Å². The maximum atomic E-state index is 11.2. The van der Waals surface area contributed by atoms with E-state index < -0.39 is 24.6 Å². The molecular weight excluding hydrogens is 242 g/mol. The van der Waals surface area contributed by atoms with Crippen LogP contribution in [0.1, 0.15) is 19.8 Å². The third kappa shape index (κ3) is 7.44. The first-order valence-corrected chi connectivity index (χ1v) is 5.66. The first-order valence-electron chi connectivity index (χ1n) is 5.66. The van der Waals surface area contributed by atoms with Gasteiger partial charge in [0.1, 0.15) is 0 Å². The van der Waals surface area contributed by atoms with E-state index in [1.807, 2.05) is 6.92 Å². The van der Waals surface area contributed by atoms with Gasteiger partial charge >= 0.3 is 12.0 Å². The van der Waals surface area contributed by atoms with Gasteiger partial charge in [0.2, 0.25) is 5.91 Å². The van der Waals surface area contributed by atoms with Crippen LogP contribution in [0.4, 0.5) is 4.79 Å². The van der Waals surface area contributed by atoms with E-state index in [1.54, 1.807) is 0 Å². The lowest BCUT2D eigenvalue weighted by atomic mass is 10.3. The zero-order valence-corrected chi connectivity index (χ0v) is 10.2. The molecule has 0 saturated carbocycles. The Labute approximate surface area is 105 Å². The summed E-state index contributed by atoms with van der Waals surface area (Å²) >= 11 is 0. The van der Waals surface area contributed by atoms with Crippen molar-refractivity contribution in [1.82, 2.24) is 16.0 Å². The molecule has 0 aromatic rings. The Kier molecular flexibility index (Phi) is 8.29. The standard InChI is InChI=1S/C10H19N3O5/c1-2-4-11-8(15)3-5-12-10(18)13-7(6-14)9(16)17/h7,14H,2-6H2,1H3,(H,11,15)(H,16,17)(H2,12,13,18)/t7-/m1/s1. The fraction of sp³-hybridized carbons (Fsp3) is 0.700. The summed E-state index contributed by atoms with van der Waals surface area (Å²) in [5.74, 6) is -1.51. The molecule has 0 aliphatic carbocycles. The number of aliphatic hydroxyl groups is 1. The van der Waals surface area contributed by atoms with Gasteiger partial charge in [-0.2, -0.15) is 0 Å². The van der Waals surface area contributed by atoms with Gasteiger partial charge in [-0.25, -0.2) is 9.59 Å². The fourth-order valence-corrected chi connectivity index (χ4v) is 1.04. The van der Waals surface area contributed by atoms with Crippen LogP contribution in [0.3, 0.4) is 0 Å². The van der Waals surface area contributed by atoms with Crippen LogP contribution in [0, 0.1) is 0 Å². The van der Waals surface area contributed by atoms with E-state index in [1.165, 1.54) is 0 Å². The van der Waals surface area contributed by atoms with Crippen molar-refractivity contribution in [2.24, 2.45) is 0 Å². The number of aliphatic carboxylic acids is 1. The molecule has 0 fully saturated rings. The zero-order valence-electron chi connectivity index (χ0n) is 10.2. The topological polar surface area (TPSA) is 128 Å². The van der Waals surface area contributed by atoms with Crippen molar-refractivity contribution in [3.05, 3.63) is 0 Å². The highest BCUT2D eigenvalue weighted by Gasteiger charge is 2.18. The number of rotatable bonds is 8. The lowest BCUT2D eigenvalue weighted by Gasteiger charge is -2.12. The van der Waals surface area contributed by atoms with Crippen LogP contribution in [-0.2, 0) is 9.59 Å². The van der Waals surface area contributed by atoms with Crippen LogP contribution in [0.5, 0.6) is 0 Å². The molecule has 0 aliphatic heterocycles. The summed E-state index contributed by atoms with van der Waals surface area (Å²) in [7, 11) is 0. The van der Waals surface area contributed by atoms with Crippen molar-refractivity contribution < 1.29 is 24.6 Å². The van der Waals surface area contributed by atoms with Crippen LogP contribution < -0.4 is 16.0 Å². The van der Waals surface area contributed by atoms with Gasteiger partial charge in [-0.05, 0) is 6.42 Å². The van der Waals surface area contributed by atoms with E-state index in [4.69, 9.17) is 10.2 Å². The van der Waals surface area contributed by atoms with E-state index in [2.05, 4.69) is 16.0 Å². The molecule has 0 radical (unpaired) electrons. The monoisotopic (exact) mass is 261 g/mol. The molecule has 3 amide bonds. The van der Waals surface area contributed by atoms with E-state index >= 15 is 0 Å². The van der Waals surface area contributed by atoms with Crippen LogP contribution in [0.2, 0.25) is 0 Å². The van der Waals surface area contributed by atoms with Gasteiger partial charge in [0, 0.05) is 19.5 Å². The highest BCUT2D eigenvalue weighted by molar-refractivity contribution is 5.83. The maximum absolute atomic E-state index is 11.2. The largest absolute Gasteiger partial charge is 0.480 e. The van der Waals surface area contributed by atoms with Gasteiger partial charge in [-0.1, -0.05) is 6.92 Å². The minimum atomic E-state index is -1.35. The van der Waals surface area contributed by atoms with Crippen molar-refractivity contribution in [3.8, 4) is 0 Å². The number of amides is 3. The smallest absolute Gasteiger partial charge is 0.328 e. The van der Waals surface area contributed by atoms with E-state index in [-0.39, 0.29) is 18.9 Å². The Morgan fingerprint density at radius 1 is 1.17 bits per heavy atom. The normalized spacial score (nSPS) is 11.4. The van der Waals surface area contributed by atoms with Crippen molar-refractivity contribution in [3.63, 3.8) is 0 Å². The average Bonchev–Trinajstić information content (AvgIpc) is 2.33. The number of nitrogens with one attached hydrogen (secondary N) is 3. The van der Waals surface area contributed by atoms with Crippen LogP contribution in [0.15, 0.2) is 0 Å². The molecule has 0 rings (SSSR count). The zero-order chi connectivity index (χ0) is 14.0. The van der Waals surface area contributed by atoms with Crippen molar-refractivity contribution in [2.45, 2.75) is 25.8 Å². The van der Waals surface area contributed by atoms with E-state index in [9.17, 15) is 14.4 Å². The first-order chi connectivity index (χ1) is 8.51. The Balaban J connectivity index is 3.76. The second kappa shape index (κ2) is 9.23. The number of carbonyl (C=O) groups is 3. The number of carbonyl (C=O) groups excluding carboxylic acids is 2. The summed E-state index contributed by atoms with van der Waals surface area (Å²) in [6.45, 7) is 1.91. The maximum Gasteiger partial charge on any atom is 0.328 e. The molecule has 5 N–H and O–H groups in total. The number of carboxylic acid groups (broad SMARTS) is 1. The first kappa shape index (κ1) is 16.2. The summed E-state index contributed by atoms with van der Waals surface area (Å²) in [4.78, 5) is 32.8. The highest BCUT2D eigenvalue weighted by atomic mass is 16.4. The quantitative estimate of drug-likeness (QED) is 0.369. The van der Waals surface area contributed by atoms with Crippen molar-refractivity contribution in [1.29, 1.82) is 0 Å². The number of hydrogen-bond acceptors (Lipinski definition) is 4. The predicted molar refractivity (Wildman–Crippen MR) is 63.0 cm³/mol. The van der Waals surface area contributed by atoms with Gasteiger partial charge in [-0.15, -0.1) is 0 Å². The molecule has 0 heterocycles. The molecule has 0 unspecified atom stereocenters. The molecule has 0 spiro atoms. The van der Waals surface area contributed by atoms with Gasteiger partial charge in [0.15, 0.2) is 6.04 Å². The number of hydrogen-bond donors (Lipinski definition) is 5. The van der Waals surface area contributed by atoms with Crippen LogP contribution in [-0.4, -0.2) is 53.9 Å². The summed E-state index contributed by atoms with van der Waals surface area (Å²) in [5, 5.41) is 24.2. The summed E-state index contributed by atoms with van der Waals surface area (Å²) in [6, 6.07) is -2.08. The molecule has 0 aliphatic rings. The van der Waals surface area contributed by atoms with E-state index in [0.717, 1.165) is 6.42 Å². The van der Waals surface area contributed by atoms with Gasteiger partial charge in [0.25, 0.3) is 0 Å². The molecule has 8 nitrogen and oxygen atoms in total. The van der Waals surface area contributed by atoms with Gasteiger partial charge in [-0.3, -0.25) is 4.79 Å².